The maximum Gasteiger partial charge on any atom is 0.253 e. The van der Waals surface area contributed by atoms with Gasteiger partial charge in [-0.3, -0.25) is 4.79 Å². The molecule has 0 atom stereocenters. The van der Waals surface area contributed by atoms with E-state index in [4.69, 9.17) is 0 Å². The van der Waals surface area contributed by atoms with Crippen molar-refractivity contribution in [3.8, 4) is 0 Å². The molecular weight excluding hydrogens is 330 g/mol. The molecule has 1 fully saturated rings. The lowest BCUT2D eigenvalue weighted by molar-refractivity contribution is 0.0690. The molecule has 1 aliphatic rings. The first-order valence-electron chi connectivity index (χ1n) is 7.25. The van der Waals surface area contributed by atoms with Crippen LogP contribution < -0.4 is 0 Å². The highest BCUT2D eigenvalue weighted by Gasteiger charge is 2.24. The van der Waals surface area contributed by atoms with Crippen LogP contribution in [0.2, 0.25) is 0 Å². The van der Waals surface area contributed by atoms with Crippen molar-refractivity contribution in [2.45, 2.75) is 19.3 Å². The van der Waals surface area contributed by atoms with Crippen molar-refractivity contribution < 1.29 is 4.79 Å². The molecule has 0 radical (unpaired) electrons. The number of hydrogen-bond donors (Lipinski definition) is 1. The number of aromatic nitrogens is 2. The Labute approximate surface area is 132 Å². The largest absolute Gasteiger partial charge is 0.349 e. The van der Waals surface area contributed by atoms with E-state index in [0.29, 0.717) is 5.92 Å². The number of aromatic amines is 1. The van der Waals surface area contributed by atoms with Crippen molar-refractivity contribution in [3.05, 3.63) is 52.5 Å². The summed E-state index contributed by atoms with van der Waals surface area (Å²) in [5.74, 6) is 1.80. The Balaban J connectivity index is 1.55. The number of carbonyl (C=O) groups is 1. The van der Waals surface area contributed by atoms with Gasteiger partial charge in [-0.1, -0.05) is 15.9 Å². The molecule has 1 aromatic carbocycles. The second kappa shape index (κ2) is 6.43. The normalized spacial score (nSPS) is 16.1. The van der Waals surface area contributed by atoms with Gasteiger partial charge in [-0.2, -0.15) is 0 Å². The van der Waals surface area contributed by atoms with E-state index in [0.717, 1.165) is 48.2 Å². The number of benzene rings is 1. The highest BCUT2D eigenvalue weighted by atomic mass is 79.9. The molecular formula is C16H18BrN3O. The Morgan fingerprint density at radius 2 is 2.00 bits per heavy atom. The Morgan fingerprint density at radius 1 is 1.29 bits per heavy atom. The Morgan fingerprint density at radius 3 is 2.62 bits per heavy atom. The molecule has 1 N–H and O–H groups in total. The Kier molecular flexibility index (Phi) is 4.39. The van der Waals surface area contributed by atoms with Crippen molar-refractivity contribution in [2.75, 3.05) is 13.1 Å². The zero-order chi connectivity index (χ0) is 14.7. The summed E-state index contributed by atoms with van der Waals surface area (Å²) in [4.78, 5) is 21.8. The monoisotopic (exact) mass is 347 g/mol. The van der Waals surface area contributed by atoms with Crippen LogP contribution in [0.3, 0.4) is 0 Å². The molecule has 1 aliphatic heterocycles. The third-order valence-corrected chi connectivity index (χ3v) is 4.56. The summed E-state index contributed by atoms with van der Waals surface area (Å²) in [6, 6.07) is 7.58. The van der Waals surface area contributed by atoms with Gasteiger partial charge in [0.1, 0.15) is 5.82 Å². The van der Waals surface area contributed by atoms with Gasteiger partial charge in [-0.15, -0.1) is 0 Å². The summed E-state index contributed by atoms with van der Waals surface area (Å²) in [5, 5.41) is 0. The van der Waals surface area contributed by atoms with E-state index in [-0.39, 0.29) is 5.91 Å². The third kappa shape index (κ3) is 3.53. The van der Waals surface area contributed by atoms with Crippen molar-refractivity contribution in [1.82, 2.24) is 14.9 Å². The maximum absolute atomic E-state index is 12.4. The van der Waals surface area contributed by atoms with Crippen LogP contribution in [-0.4, -0.2) is 33.9 Å². The van der Waals surface area contributed by atoms with E-state index in [1.54, 1.807) is 6.20 Å². The number of piperidine rings is 1. The number of H-pyrrole nitrogens is 1. The molecule has 3 rings (SSSR count). The topological polar surface area (TPSA) is 49.0 Å². The van der Waals surface area contributed by atoms with Crippen molar-refractivity contribution in [1.29, 1.82) is 0 Å². The maximum atomic E-state index is 12.4. The van der Waals surface area contributed by atoms with Gasteiger partial charge in [0, 0.05) is 41.9 Å². The summed E-state index contributed by atoms with van der Waals surface area (Å²) >= 11 is 3.39. The van der Waals surface area contributed by atoms with Crippen LogP contribution in [0, 0.1) is 5.92 Å². The Bertz CT molecular complexity index is 586. The van der Waals surface area contributed by atoms with Crippen LogP contribution in [0.4, 0.5) is 0 Å². The smallest absolute Gasteiger partial charge is 0.253 e. The molecule has 21 heavy (non-hydrogen) atoms. The molecule has 1 amide bonds. The number of carbonyl (C=O) groups excluding carboxylic acids is 1. The van der Waals surface area contributed by atoms with Crippen LogP contribution in [0.25, 0.3) is 0 Å². The average Bonchev–Trinajstić information content (AvgIpc) is 3.01. The lowest BCUT2D eigenvalue weighted by Gasteiger charge is -2.31. The second-order valence-electron chi connectivity index (χ2n) is 5.48. The summed E-state index contributed by atoms with van der Waals surface area (Å²) in [5.41, 5.74) is 0.766. The van der Waals surface area contributed by atoms with E-state index >= 15 is 0 Å². The first kappa shape index (κ1) is 14.3. The number of likely N-dealkylation sites (tertiary alicyclic amines) is 1. The zero-order valence-corrected chi connectivity index (χ0v) is 13.3. The number of nitrogens with zero attached hydrogens (tertiary/aromatic N) is 2. The molecule has 5 heteroatoms. The summed E-state index contributed by atoms with van der Waals surface area (Å²) in [7, 11) is 0. The van der Waals surface area contributed by atoms with Gasteiger partial charge in [0.2, 0.25) is 0 Å². The third-order valence-electron chi connectivity index (χ3n) is 4.03. The SMILES string of the molecule is O=C(c1ccc(Br)cc1)N1CCC(Cc2ncc[nH]2)CC1. The van der Waals surface area contributed by atoms with Crippen LogP contribution >= 0.6 is 15.9 Å². The molecule has 0 spiro atoms. The minimum atomic E-state index is 0.138. The fraction of sp³-hybridized carbons (Fsp3) is 0.375. The lowest BCUT2D eigenvalue weighted by Crippen LogP contribution is -2.39. The van der Waals surface area contributed by atoms with Crippen molar-refractivity contribution >= 4 is 21.8 Å². The van der Waals surface area contributed by atoms with Gasteiger partial charge < -0.3 is 9.88 Å². The van der Waals surface area contributed by atoms with Crippen LogP contribution in [0.1, 0.15) is 29.0 Å². The lowest BCUT2D eigenvalue weighted by atomic mass is 9.93. The molecule has 0 bridgehead atoms. The fourth-order valence-electron chi connectivity index (χ4n) is 2.80. The van der Waals surface area contributed by atoms with Crippen molar-refractivity contribution in [2.24, 2.45) is 5.92 Å². The van der Waals surface area contributed by atoms with Crippen LogP contribution in [0.15, 0.2) is 41.1 Å². The van der Waals surface area contributed by atoms with E-state index in [9.17, 15) is 4.79 Å². The highest BCUT2D eigenvalue weighted by Crippen LogP contribution is 2.22. The van der Waals surface area contributed by atoms with E-state index in [2.05, 4.69) is 25.9 Å². The Hall–Kier alpha value is -1.62. The average molecular weight is 348 g/mol. The number of rotatable bonds is 3. The number of nitrogens with one attached hydrogen (secondary N) is 1. The molecule has 2 aromatic rings. The molecule has 1 saturated heterocycles. The van der Waals surface area contributed by atoms with E-state index in [1.165, 1.54) is 0 Å². The van der Waals surface area contributed by atoms with E-state index in [1.807, 2.05) is 35.4 Å². The predicted molar refractivity (Wildman–Crippen MR) is 85.1 cm³/mol. The number of imidazole rings is 1. The quantitative estimate of drug-likeness (QED) is 0.926. The van der Waals surface area contributed by atoms with Crippen LogP contribution in [0.5, 0.6) is 0 Å². The minimum absolute atomic E-state index is 0.138. The standard InChI is InChI=1S/C16H18BrN3O/c17-14-3-1-13(2-4-14)16(21)20-9-5-12(6-10-20)11-15-18-7-8-19-15/h1-4,7-8,12H,5-6,9-11H2,(H,18,19). The van der Waals surface area contributed by atoms with Gasteiger partial charge in [0.15, 0.2) is 0 Å². The zero-order valence-electron chi connectivity index (χ0n) is 11.8. The summed E-state index contributed by atoms with van der Waals surface area (Å²) in [6.45, 7) is 1.67. The second-order valence-corrected chi connectivity index (χ2v) is 6.40. The molecule has 0 aliphatic carbocycles. The first-order valence-corrected chi connectivity index (χ1v) is 8.05. The number of halogens is 1. The fourth-order valence-corrected chi connectivity index (χ4v) is 3.06. The number of amides is 1. The minimum Gasteiger partial charge on any atom is -0.349 e. The molecule has 1 aromatic heterocycles. The van der Waals surface area contributed by atoms with Crippen LogP contribution in [-0.2, 0) is 6.42 Å². The number of hydrogen-bond acceptors (Lipinski definition) is 2. The van der Waals surface area contributed by atoms with Gasteiger partial charge in [-0.05, 0) is 43.0 Å². The first-order chi connectivity index (χ1) is 10.2. The summed E-state index contributed by atoms with van der Waals surface area (Å²) < 4.78 is 0.996. The van der Waals surface area contributed by atoms with Gasteiger partial charge in [0.25, 0.3) is 5.91 Å². The molecule has 4 nitrogen and oxygen atoms in total. The van der Waals surface area contributed by atoms with Gasteiger partial charge in [-0.25, -0.2) is 4.98 Å². The molecule has 0 saturated carbocycles. The predicted octanol–water partition coefficient (Wildman–Crippen LogP) is 3.27. The molecule has 110 valence electrons. The van der Waals surface area contributed by atoms with E-state index < -0.39 is 0 Å². The summed E-state index contributed by atoms with van der Waals surface area (Å²) in [6.07, 6.45) is 6.72. The van der Waals surface area contributed by atoms with Gasteiger partial charge >= 0.3 is 0 Å². The molecule has 2 heterocycles. The van der Waals surface area contributed by atoms with Gasteiger partial charge in [0.05, 0.1) is 0 Å². The molecule has 0 unspecified atom stereocenters. The highest BCUT2D eigenvalue weighted by molar-refractivity contribution is 9.10. The van der Waals surface area contributed by atoms with Crippen molar-refractivity contribution in [3.63, 3.8) is 0 Å².